The van der Waals surface area contributed by atoms with Gasteiger partial charge in [-0.15, -0.1) is 11.8 Å². The summed E-state index contributed by atoms with van der Waals surface area (Å²) in [5.41, 5.74) is -2.52. The van der Waals surface area contributed by atoms with E-state index in [-0.39, 0.29) is 12.9 Å². The van der Waals surface area contributed by atoms with E-state index in [2.05, 4.69) is 6.08 Å². The number of rotatable bonds is 6. The number of aliphatic hydroxyl groups is 1. The van der Waals surface area contributed by atoms with Crippen LogP contribution in [0.1, 0.15) is 33.6 Å². The second kappa shape index (κ2) is 7.24. The van der Waals surface area contributed by atoms with Gasteiger partial charge in [0.2, 0.25) is 0 Å². The van der Waals surface area contributed by atoms with E-state index >= 15 is 0 Å². The highest BCUT2D eigenvalue weighted by molar-refractivity contribution is 8.00. The Hall–Kier alpha value is -1.34. The van der Waals surface area contributed by atoms with Gasteiger partial charge in [-0.1, -0.05) is 50.6 Å². The lowest BCUT2D eigenvalue weighted by molar-refractivity contribution is -0.168. The summed E-state index contributed by atoms with van der Waals surface area (Å²) < 4.78 is 11.1. The van der Waals surface area contributed by atoms with Crippen LogP contribution in [0, 0.1) is 10.8 Å². The van der Waals surface area contributed by atoms with Crippen molar-refractivity contribution in [2.24, 2.45) is 10.8 Å². The zero-order valence-electron chi connectivity index (χ0n) is 16.3. The zero-order chi connectivity index (χ0) is 19.9. The zero-order valence-corrected chi connectivity index (χ0v) is 17.1. The quantitative estimate of drug-likeness (QED) is 0.568. The van der Waals surface area contributed by atoms with Crippen LogP contribution in [0.4, 0.5) is 0 Å². The lowest BCUT2D eigenvalue weighted by Crippen LogP contribution is -2.56. The summed E-state index contributed by atoms with van der Waals surface area (Å²) >= 11 is 1.42. The maximum absolute atomic E-state index is 12.4. The van der Waals surface area contributed by atoms with Crippen LogP contribution in [0.2, 0.25) is 0 Å². The van der Waals surface area contributed by atoms with E-state index in [1.807, 2.05) is 51.1 Å². The molecule has 0 spiro atoms. The molecule has 6 heteroatoms. The van der Waals surface area contributed by atoms with E-state index < -0.39 is 27.7 Å². The highest BCUT2D eigenvalue weighted by Crippen LogP contribution is 2.67. The second-order valence-electron chi connectivity index (χ2n) is 8.05. The summed E-state index contributed by atoms with van der Waals surface area (Å²) in [4.78, 5) is 13.3. The third-order valence-electron chi connectivity index (χ3n) is 6.29. The van der Waals surface area contributed by atoms with Crippen molar-refractivity contribution >= 4 is 17.7 Å². The smallest absolute Gasteiger partial charge is 0.337 e. The normalized spacial score (nSPS) is 34.8. The third-order valence-corrected chi connectivity index (χ3v) is 7.90. The van der Waals surface area contributed by atoms with Crippen LogP contribution in [-0.4, -0.2) is 47.0 Å². The van der Waals surface area contributed by atoms with Gasteiger partial charge in [-0.2, -0.15) is 0 Å². The lowest BCUT2D eigenvalue weighted by atomic mass is 9.68. The summed E-state index contributed by atoms with van der Waals surface area (Å²) in [6, 6.07) is 9.64. The largest absolute Gasteiger partial charge is 0.479 e. The molecular formula is C21H28O5S. The Bertz CT molecular complexity index is 731. The Morgan fingerprint density at radius 1 is 1.26 bits per heavy atom. The number of hydrogen-bond acceptors (Lipinski definition) is 5. The van der Waals surface area contributed by atoms with Crippen LogP contribution in [0.15, 0.2) is 46.9 Å². The molecule has 2 aliphatic carbocycles. The topological polar surface area (TPSA) is 76.0 Å². The Morgan fingerprint density at radius 3 is 2.52 bits per heavy atom. The van der Waals surface area contributed by atoms with Gasteiger partial charge in [-0.05, 0) is 25.0 Å². The van der Waals surface area contributed by atoms with Gasteiger partial charge in [0.25, 0.3) is 0 Å². The summed E-state index contributed by atoms with van der Waals surface area (Å²) in [5, 5.41) is 21.1. The van der Waals surface area contributed by atoms with Crippen molar-refractivity contribution in [1.82, 2.24) is 0 Å². The number of thioether (sulfide) groups is 1. The van der Waals surface area contributed by atoms with Crippen molar-refractivity contribution in [2.75, 3.05) is 13.9 Å². The molecule has 4 atom stereocenters. The van der Waals surface area contributed by atoms with Crippen molar-refractivity contribution < 1.29 is 24.5 Å². The fourth-order valence-electron chi connectivity index (χ4n) is 4.91. The number of methoxy groups -OCH3 is 1. The van der Waals surface area contributed by atoms with Crippen LogP contribution in [0.5, 0.6) is 0 Å². The number of fused-ring (bicyclic) bond motifs is 1. The summed E-state index contributed by atoms with van der Waals surface area (Å²) in [6.07, 6.45) is 3.43. The van der Waals surface area contributed by atoms with E-state index in [9.17, 15) is 15.0 Å². The van der Waals surface area contributed by atoms with Crippen LogP contribution in [-0.2, 0) is 14.3 Å². The number of allylic oxidation sites excluding steroid dienone is 1. The molecule has 0 bridgehead atoms. The minimum absolute atomic E-state index is 0.141. The average molecular weight is 393 g/mol. The molecule has 0 saturated heterocycles. The molecule has 2 aliphatic rings. The predicted octanol–water partition coefficient (Wildman–Crippen LogP) is 3.72. The number of carboxylic acid groups (broad SMARTS) is 1. The number of carbonyl (C=O) groups is 1. The van der Waals surface area contributed by atoms with E-state index in [1.165, 1.54) is 11.8 Å². The molecule has 2 N–H and O–H groups in total. The lowest BCUT2D eigenvalue weighted by Gasteiger charge is -2.43. The number of hydrogen-bond donors (Lipinski definition) is 2. The van der Waals surface area contributed by atoms with E-state index in [1.54, 1.807) is 7.11 Å². The minimum atomic E-state index is -1.92. The van der Waals surface area contributed by atoms with E-state index in [0.717, 1.165) is 23.3 Å². The first kappa shape index (κ1) is 20.4. The highest BCUT2D eigenvalue weighted by Gasteiger charge is 2.73. The molecule has 0 aliphatic heterocycles. The van der Waals surface area contributed by atoms with Gasteiger partial charge >= 0.3 is 5.97 Å². The Morgan fingerprint density at radius 2 is 1.93 bits per heavy atom. The van der Waals surface area contributed by atoms with Crippen molar-refractivity contribution in [3.05, 3.63) is 42.0 Å². The molecule has 0 heterocycles. The Kier molecular flexibility index (Phi) is 5.47. The molecule has 1 aromatic rings. The molecule has 5 nitrogen and oxygen atoms in total. The molecule has 3 rings (SSSR count). The van der Waals surface area contributed by atoms with Gasteiger partial charge in [0, 0.05) is 22.8 Å². The minimum Gasteiger partial charge on any atom is -0.479 e. The van der Waals surface area contributed by atoms with Crippen LogP contribution < -0.4 is 0 Å². The molecule has 1 fully saturated rings. The summed E-state index contributed by atoms with van der Waals surface area (Å²) in [5.74, 6) is -1.19. The fraction of sp³-hybridized carbons (Fsp3) is 0.571. The monoisotopic (exact) mass is 392 g/mol. The molecule has 0 radical (unpaired) electrons. The Labute approximate surface area is 164 Å². The number of ether oxygens (including phenoxy) is 2. The standard InChI is InChI=1S/C21H28O5S/c1-19(2)15-11-8-12-16(26-13-25-4)20(15,3)17(21(19,24)18(22)23)27-14-9-6-5-7-10-14/h5-7,9-11,16-17,24H,8,12-13H2,1-4H3,(H,22,23)/t16-,17-,20-,21+/m0/s1. The first-order valence-corrected chi connectivity index (χ1v) is 10.1. The average Bonchev–Trinajstić information content (AvgIpc) is 2.77. The molecule has 1 saturated carbocycles. The van der Waals surface area contributed by atoms with Crippen LogP contribution >= 0.6 is 11.8 Å². The molecule has 148 valence electrons. The van der Waals surface area contributed by atoms with E-state index in [4.69, 9.17) is 9.47 Å². The van der Waals surface area contributed by atoms with Gasteiger partial charge in [-0.25, -0.2) is 4.79 Å². The second-order valence-corrected chi connectivity index (χ2v) is 9.23. The van der Waals surface area contributed by atoms with Crippen LogP contribution in [0.25, 0.3) is 0 Å². The maximum atomic E-state index is 12.4. The summed E-state index contributed by atoms with van der Waals surface area (Å²) in [6.45, 7) is 5.83. The molecule has 1 aromatic carbocycles. The van der Waals surface area contributed by atoms with Crippen molar-refractivity contribution in [3.8, 4) is 0 Å². The maximum Gasteiger partial charge on any atom is 0.337 e. The highest BCUT2D eigenvalue weighted by atomic mass is 32.2. The van der Waals surface area contributed by atoms with E-state index in [0.29, 0.717) is 0 Å². The first-order chi connectivity index (χ1) is 12.7. The molecule has 27 heavy (non-hydrogen) atoms. The van der Waals surface area contributed by atoms with Gasteiger partial charge in [-0.3, -0.25) is 0 Å². The molecule has 0 amide bonds. The third kappa shape index (κ3) is 2.94. The first-order valence-electron chi connectivity index (χ1n) is 9.19. The van der Waals surface area contributed by atoms with Gasteiger partial charge in [0.1, 0.15) is 6.79 Å². The van der Waals surface area contributed by atoms with Crippen molar-refractivity contribution in [2.45, 2.75) is 55.5 Å². The molecule has 0 unspecified atom stereocenters. The Balaban J connectivity index is 2.15. The van der Waals surface area contributed by atoms with Gasteiger partial charge in [0.05, 0.1) is 11.4 Å². The SMILES string of the molecule is COCO[C@H]1CCC=C2C(C)(C)[C@](O)(C(=O)O)[C@@H](Sc3ccccc3)[C@@]21C. The number of carboxylic acids is 1. The summed E-state index contributed by atoms with van der Waals surface area (Å²) in [7, 11) is 1.57. The molecular weight excluding hydrogens is 364 g/mol. The fourth-order valence-corrected chi connectivity index (χ4v) is 6.58. The predicted molar refractivity (Wildman–Crippen MR) is 105 cm³/mol. The number of aliphatic carboxylic acids is 1. The van der Waals surface area contributed by atoms with Gasteiger partial charge in [0.15, 0.2) is 5.60 Å². The van der Waals surface area contributed by atoms with Crippen molar-refractivity contribution in [3.63, 3.8) is 0 Å². The molecule has 0 aromatic heterocycles. The van der Waals surface area contributed by atoms with Crippen molar-refractivity contribution in [1.29, 1.82) is 0 Å². The van der Waals surface area contributed by atoms with Gasteiger partial charge < -0.3 is 19.7 Å². The van der Waals surface area contributed by atoms with Crippen LogP contribution in [0.3, 0.4) is 0 Å². The number of benzene rings is 1.